The molecule has 37 heavy (non-hydrogen) atoms. The summed E-state index contributed by atoms with van der Waals surface area (Å²) in [5.74, 6) is 0.255. The minimum absolute atomic E-state index is 0.0406. The normalized spacial score (nSPS) is 11.2. The van der Waals surface area contributed by atoms with Crippen LogP contribution in [-0.2, 0) is 13.0 Å². The maximum absolute atomic E-state index is 13.1. The molecule has 0 unspecified atom stereocenters. The van der Waals surface area contributed by atoms with E-state index in [4.69, 9.17) is 16.3 Å². The van der Waals surface area contributed by atoms with Crippen molar-refractivity contribution >= 4 is 56.0 Å². The van der Waals surface area contributed by atoms with Crippen molar-refractivity contribution < 1.29 is 14.6 Å². The first kappa shape index (κ1) is 25.9. The zero-order chi connectivity index (χ0) is 26.7. The molecule has 0 aliphatic rings. The van der Waals surface area contributed by atoms with Crippen molar-refractivity contribution in [3.05, 3.63) is 112 Å². The average molecular weight is 587 g/mol. The van der Waals surface area contributed by atoms with Crippen LogP contribution < -0.4 is 10.3 Å². The number of aryl methyl sites for hydroxylation is 1. The van der Waals surface area contributed by atoms with Gasteiger partial charge in [0.05, 0.1) is 32.0 Å². The van der Waals surface area contributed by atoms with Gasteiger partial charge in [-0.3, -0.25) is 25.0 Å². The number of rotatable bonds is 8. The number of ether oxygens (including phenoxy) is 1. The van der Waals surface area contributed by atoms with Gasteiger partial charge in [-0.25, -0.2) is 4.98 Å². The molecule has 4 rings (SSSR count). The smallest absolute Gasteiger partial charge is 0.313 e. The van der Waals surface area contributed by atoms with Gasteiger partial charge in [-0.2, -0.15) is 9.78 Å². The molecule has 0 atom stereocenters. The Bertz CT molecular complexity index is 1620. The zero-order valence-corrected chi connectivity index (χ0v) is 21.5. The van der Waals surface area contributed by atoms with Gasteiger partial charge in [-0.05, 0) is 42.0 Å². The third-order valence-electron chi connectivity index (χ3n) is 5.29. The van der Waals surface area contributed by atoms with Gasteiger partial charge in [-0.15, -0.1) is 0 Å². The second kappa shape index (κ2) is 10.8. The number of hydrogen-bond acceptors (Lipinski definition) is 8. The molecule has 188 valence electrons. The first-order valence-electron chi connectivity index (χ1n) is 10.8. The number of nitro groups is 2. The number of aromatic nitrogens is 2. The molecule has 0 saturated heterocycles. The fourth-order valence-corrected chi connectivity index (χ4v) is 4.13. The largest absolute Gasteiger partial charge is 0.481 e. The van der Waals surface area contributed by atoms with Gasteiger partial charge in [0.15, 0.2) is 0 Å². The van der Waals surface area contributed by atoms with Gasteiger partial charge in [0.25, 0.3) is 11.2 Å². The predicted octanol–water partition coefficient (Wildman–Crippen LogP) is 5.65. The Morgan fingerprint density at radius 2 is 1.84 bits per heavy atom. The molecule has 11 nitrogen and oxygen atoms in total. The summed E-state index contributed by atoms with van der Waals surface area (Å²) in [7, 11) is 0. The van der Waals surface area contributed by atoms with Crippen LogP contribution in [0.3, 0.4) is 0 Å². The molecule has 1 heterocycles. The van der Waals surface area contributed by atoms with Crippen molar-refractivity contribution in [2.75, 3.05) is 0 Å². The van der Waals surface area contributed by atoms with E-state index in [0.29, 0.717) is 33.2 Å². The highest BCUT2D eigenvalue weighted by molar-refractivity contribution is 9.10. The Morgan fingerprint density at radius 3 is 2.49 bits per heavy atom. The van der Waals surface area contributed by atoms with Gasteiger partial charge < -0.3 is 4.74 Å². The molecular formula is C24H17BrClN5O6. The molecule has 0 radical (unpaired) electrons. The number of hydrogen-bond donors (Lipinski definition) is 0. The molecule has 0 bridgehead atoms. The Balaban J connectivity index is 1.66. The number of nitrogens with zero attached hydrogens (tertiary/aromatic N) is 5. The van der Waals surface area contributed by atoms with Crippen molar-refractivity contribution in [2.45, 2.75) is 20.0 Å². The number of benzene rings is 3. The van der Waals surface area contributed by atoms with E-state index in [9.17, 15) is 25.0 Å². The zero-order valence-electron chi connectivity index (χ0n) is 19.1. The lowest BCUT2D eigenvalue weighted by Gasteiger charge is -2.10. The van der Waals surface area contributed by atoms with E-state index >= 15 is 0 Å². The molecule has 0 aliphatic heterocycles. The lowest BCUT2D eigenvalue weighted by molar-refractivity contribution is -0.386. The van der Waals surface area contributed by atoms with E-state index in [0.717, 1.165) is 4.68 Å². The van der Waals surface area contributed by atoms with Crippen LogP contribution >= 0.6 is 27.5 Å². The second-order valence-electron chi connectivity index (χ2n) is 7.72. The van der Waals surface area contributed by atoms with Gasteiger partial charge >= 0.3 is 5.69 Å². The average Bonchev–Trinajstić information content (AvgIpc) is 2.87. The molecular weight excluding hydrogens is 570 g/mol. The molecule has 0 spiro atoms. The molecule has 0 saturated carbocycles. The highest BCUT2D eigenvalue weighted by atomic mass is 79.9. The summed E-state index contributed by atoms with van der Waals surface area (Å²) in [4.78, 5) is 38.9. The van der Waals surface area contributed by atoms with E-state index in [1.54, 1.807) is 18.2 Å². The van der Waals surface area contributed by atoms with E-state index in [1.807, 2.05) is 6.92 Å². The minimum atomic E-state index is -0.646. The summed E-state index contributed by atoms with van der Waals surface area (Å²) in [5, 5.41) is 27.1. The van der Waals surface area contributed by atoms with Crippen LogP contribution in [0.4, 0.5) is 11.4 Å². The SMILES string of the molecule is CCc1nc2ccc(Br)cc2c(=O)n1N=Cc1cc(Cl)c(OCc2ccc([N+](=O)[O-])cc2)c([N+](=O)[O-])c1. The first-order valence-corrected chi connectivity index (χ1v) is 11.9. The molecule has 4 aromatic rings. The van der Waals surface area contributed by atoms with Gasteiger partial charge in [0, 0.05) is 34.7 Å². The van der Waals surface area contributed by atoms with E-state index in [1.165, 1.54) is 42.6 Å². The second-order valence-corrected chi connectivity index (χ2v) is 9.05. The van der Waals surface area contributed by atoms with E-state index < -0.39 is 15.5 Å². The van der Waals surface area contributed by atoms with Gasteiger partial charge in [-0.1, -0.05) is 34.5 Å². The standard InChI is InChI=1S/C24H17BrClN5O6/c1-2-22-28-20-8-5-16(25)11-18(20)24(32)29(22)27-12-15-9-19(26)23(21(10-15)31(35)36)37-13-14-3-6-17(7-4-14)30(33)34/h3-12H,2,13H2,1H3. The maximum Gasteiger partial charge on any atom is 0.313 e. The summed E-state index contributed by atoms with van der Waals surface area (Å²) in [6.45, 7) is 1.73. The number of non-ortho nitro benzene ring substituents is 1. The van der Waals surface area contributed by atoms with Crippen LogP contribution in [0.15, 0.2) is 69.0 Å². The third-order valence-corrected chi connectivity index (χ3v) is 6.06. The molecule has 0 aliphatic carbocycles. The lowest BCUT2D eigenvalue weighted by atomic mass is 10.2. The fraction of sp³-hybridized carbons (Fsp3) is 0.125. The molecule has 0 fully saturated rings. The third kappa shape index (κ3) is 5.65. The van der Waals surface area contributed by atoms with Crippen LogP contribution in [-0.4, -0.2) is 25.7 Å². The van der Waals surface area contributed by atoms with Crippen molar-refractivity contribution in [3.8, 4) is 5.75 Å². The van der Waals surface area contributed by atoms with Gasteiger partial charge in [0.2, 0.25) is 5.75 Å². The summed E-state index contributed by atoms with van der Waals surface area (Å²) in [5.41, 5.74) is 0.481. The topological polar surface area (TPSA) is 143 Å². The Hall–Kier alpha value is -4.16. The molecule has 3 aromatic carbocycles. The molecule has 0 N–H and O–H groups in total. The maximum atomic E-state index is 13.1. The monoisotopic (exact) mass is 585 g/mol. The summed E-state index contributed by atoms with van der Waals surface area (Å²) in [6, 6.07) is 13.4. The Kier molecular flexibility index (Phi) is 7.60. The van der Waals surface area contributed by atoms with Crippen molar-refractivity contribution in [3.63, 3.8) is 0 Å². The van der Waals surface area contributed by atoms with E-state index in [2.05, 4.69) is 26.0 Å². The van der Waals surface area contributed by atoms with Crippen LogP contribution in [0.2, 0.25) is 5.02 Å². The Morgan fingerprint density at radius 1 is 1.11 bits per heavy atom. The summed E-state index contributed by atoms with van der Waals surface area (Å²) >= 11 is 9.66. The minimum Gasteiger partial charge on any atom is -0.481 e. The highest BCUT2D eigenvalue weighted by Crippen LogP contribution is 2.36. The summed E-state index contributed by atoms with van der Waals surface area (Å²) < 4.78 is 7.45. The van der Waals surface area contributed by atoms with E-state index in [-0.39, 0.29) is 34.2 Å². The number of nitro benzene ring substituents is 2. The van der Waals surface area contributed by atoms with Crippen LogP contribution in [0.5, 0.6) is 5.75 Å². The van der Waals surface area contributed by atoms with Crippen molar-refractivity contribution in [1.82, 2.24) is 9.66 Å². The highest BCUT2D eigenvalue weighted by Gasteiger charge is 2.21. The molecule has 0 amide bonds. The van der Waals surface area contributed by atoms with Crippen molar-refractivity contribution in [2.24, 2.45) is 5.10 Å². The molecule has 13 heteroatoms. The van der Waals surface area contributed by atoms with Gasteiger partial charge in [0.1, 0.15) is 12.4 Å². The Labute approximate surface area is 222 Å². The predicted molar refractivity (Wildman–Crippen MR) is 142 cm³/mol. The van der Waals surface area contributed by atoms with Crippen LogP contribution in [0.25, 0.3) is 10.9 Å². The summed E-state index contributed by atoms with van der Waals surface area (Å²) in [6.07, 6.45) is 1.71. The lowest BCUT2D eigenvalue weighted by Crippen LogP contribution is -2.22. The van der Waals surface area contributed by atoms with Crippen LogP contribution in [0.1, 0.15) is 23.9 Å². The first-order chi connectivity index (χ1) is 17.7. The fourth-order valence-electron chi connectivity index (χ4n) is 3.49. The number of fused-ring (bicyclic) bond motifs is 1. The van der Waals surface area contributed by atoms with Crippen molar-refractivity contribution in [1.29, 1.82) is 0 Å². The molecule has 1 aromatic heterocycles. The van der Waals surface area contributed by atoms with Crippen LogP contribution in [0, 0.1) is 20.2 Å². The number of halogens is 2. The quantitative estimate of drug-likeness (QED) is 0.147.